The third-order valence-electron chi connectivity index (χ3n) is 4.12. The molecule has 1 aromatic rings. The third-order valence-corrected chi connectivity index (χ3v) is 5.00. The Morgan fingerprint density at radius 2 is 2.11 bits per heavy atom. The summed E-state index contributed by atoms with van der Waals surface area (Å²) in [5.74, 6) is 0.0585. The maximum absolute atomic E-state index is 12.7. The number of allylic oxidation sites excluding steroid dienone is 2. The van der Waals surface area contributed by atoms with Gasteiger partial charge in [0.1, 0.15) is 0 Å². The van der Waals surface area contributed by atoms with E-state index in [9.17, 15) is 18.0 Å². The second-order valence-electron chi connectivity index (χ2n) is 7.34. The van der Waals surface area contributed by atoms with Crippen LogP contribution >= 0.6 is 11.3 Å². The second-order valence-corrected chi connectivity index (χ2v) is 8.28. The Bertz CT molecular complexity index is 688. The molecule has 1 amide bonds. The molecule has 0 N–H and O–H groups in total. The van der Waals surface area contributed by atoms with E-state index in [-0.39, 0.29) is 27.9 Å². The SMILES string of the molecule is COCCN(C(=O)COc1nnc(C(F)(F)F)s1)C1=CC(C)(C)CC(C)C1. The predicted molar refractivity (Wildman–Crippen MR) is 94.3 cm³/mol. The largest absolute Gasteiger partial charge is 0.459 e. The van der Waals surface area contributed by atoms with Gasteiger partial charge in [0.2, 0.25) is 5.01 Å². The maximum Gasteiger partial charge on any atom is 0.445 e. The van der Waals surface area contributed by atoms with Crippen LogP contribution in [0.5, 0.6) is 5.19 Å². The molecule has 1 aliphatic rings. The summed E-state index contributed by atoms with van der Waals surface area (Å²) < 4.78 is 48.0. The van der Waals surface area contributed by atoms with E-state index in [0.717, 1.165) is 18.5 Å². The zero-order valence-electron chi connectivity index (χ0n) is 15.8. The van der Waals surface area contributed by atoms with E-state index in [0.29, 0.717) is 19.1 Å². The van der Waals surface area contributed by atoms with Crippen molar-refractivity contribution in [3.63, 3.8) is 0 Å². The Morgan fingerprint density at radius 3 is 2.67 bits per heavy atom. The molecule has 152 valence electrons. The molecule has 1 heterocycles. The van der Waals surface area contributed by atoms with Crippen LogP contribution in [0.1, 0.15) is 38.6 Å². The molecule has 0 aromatic carbocycles. The van der Waals surface area contributed by atoms with Crippen molar-refractivity contribution in [2.75, 3.05) is 26.9 Å². The van der Waals surface area contributed by atoms with Gasteiger partial charge in [0.15, 0.2) is 6.61 Å². The maximum atomic E-state index is 12.7. The van der Waals surface area contributed by atoms with Crippen LogP contribution in [0.3, 0.4) is 0 Å². The Hall–Kier alpha value is -1.68. The van der Waals surface area contributed by atoms with E-state index >= 15 is 0 Å². The fourth-order valence-electron chi connectivity index (χ4n) is 3.28. The molecular weight excluding hydrogens is 383 g/mol. The van der Waals surface area contributed by atoms with Crippen LogP contribution in [0.15, 0.2) is 11.8 Å². The van der Waals surface area contributed by atoms with Crippen molar-refractivity contribution in [2.45, 2.75) is 39.8 Å². The molecule has 0 saturated heterocycles. The van der Waals surface area contributed by atoms with E-state index < -0.39 is 17.8 Å². The molecule has 0 bridgehead atoms. The quantitative estimate of drug-likeness (QED) is 0.689. The van der Waals surface area contributed by atoms with Crippen molar-refractivity contribution in [3.05, 3.63) is 16.8 Å². The zero-order chi connectivity index (χ0) is 20.2. The van der Waals surface area contributed by atoms with Crippen molar-refractivity contribution < 1.29 is 27.4 Å². The number of ether oxygens (including phenoxy) is 2. The normalized spacial score (nSPS) is 19.5. The molecule has 6 nitrogen and oxygen atoms in total. The van der Waals surface area contributed by atoms with E-state index in [1.807, 2.05) is 0 Å². The molecular formula is C17H24F3N3O3S. The Morgan fingerprint density at radius 1 is 1.41 bits per heavy atom. The summed E-state index contributed by atoms with van der Waals surface area (Å²) >= 11 is 0.268. The molecule has 1 aromatic heterocycles. The van der Waals surface area contributed by atoms with Crippen molar-refractivity contribution in [2.24, 2.45) is 11.3 Å². The van der Waals surface area contributed by atoms with Crippen molar-refractivity contribution in [3.8, 4) is 5.19 Å². The average Bonchev–Trinajstić information content (AvgIpc) is 3.00. The van der Waals surface area contributed by atoms with Crippen molar-refractivity contribution >= 4 is 17.2 Å². The number of hydrogen-bond donors (Lipinski definition) is 0. The fourth-order valence-corrected chi connectivity index (χ4v) is 3.84. The lowest BCUT2D eigenvalue weighted by Crippen LogP contribution is -2.39. The van der Waals surface area contributed by atoms with E-state index in [1.54, 1.807) is 12.0 Å². The Labute approximate surface area is 160 Å². The molecule has 10 heteroatoms. The molecule has 2 rings (SSSR count). The van der Waals surface area contributed by atoms with Gasteiger partial charge in [0, 0.05) is 19.4 Å². The van der Waals surface area contributed by atoms with Crippen LogP contribution in [-0.4, -0.2) is 47.9 Å². The first-order chi connectivity index (χ1) is 12.5. The van der Waals surface area contributed by atoms with Crippen LogP contribution in [0, 0.1) is 11.3 Å². The highest BCUT2D eigenvalue weighted by Crippen LogP contribution is 2.38. The number of carbonyl (C=O) groups is 1. The molecule has 0 aliphatic heterocycles. The number of amides is 1. The van der Waals surface area contributed by atoms with E-state index in [1.165, 1.54) is 0 Å². The standard InChI is InChI=1S/C17H24F3N3O3S/c1-11-7-12(9-16(2,3)8-11)23(5-6-25-4)13(24)10-26-15-22-21-14(27-15)17(18,19)20/h9,11H,5-8,10H2,1-4H3. The number of aromatic nitrogens is 2. The van der Waals surface area contributed by atoms with E-state index in [2.05, 4.69) is 37.0 Å². The Kier molecular flexibility index (Phi) is 6.85. The molecule has 1 atom stereocenters. The molecule has 0 saturated carbocycles. The first-order valence-electron chi connectivity index (χ1n) is 8.56. The number of methoxy groups -OCH3 is 1. The van der Waals surface area contributed by atoms with E-state index in [4.69, 9.17) is 9.47 Å². The lowest BCUT2D eigenvalue weighted by molar-refractivity contribution is -0.138. The summed E-state index contributed by atoms with van der Waals surface area (Å²) in [5.41, 5.74) is 0.845. The highest BCUT2D eigenvalue weighted by atomic mass is 32.1. The molecule has 0 fully saturated rings. The monoisotopic (exact) mass is 407 g/mol. The highest BCUT2D eigenvalue weighted by molar-refractivity contribution is 7.13. The lowest BCUT2D eigenvalue weighted by Gasteiger charge is -2.36. The van der Waals surface area contributed by atoms with Crippen molar-refractivity contribution in [1.29, 1.82) is 0 Å². The van der Waals surface area contributed by atoms with Gasteiger partial charge in [-0.1, -0.05) is 43.3 Å². The topological polar surface area (TPSA) is 64.5 Å². The van der Waals surface area contributed by atoms with Gasteiger partial charge < -0.3 is 14.4 Å². The summed E-state index contributed by atoms with van der Waals surface area (Å²) in [6.45, 7) is 6.62. The number of rotatable bonds is 7. The molecule has 1 aliphatic carbocycles. The van der Waals surface area contributed by atoms with Crippen LogP contribution in [0.4, 0.5) is 13.2 Å². The summed E-state index contributed by atoms with van der Waals surface area (Å²) in [6, 6.07) is 0. The first-order valence-corrected chi connectivity index (χ1v) is 9.38. The van der Waals surface area contributed by atoms with Crippen LogP contribution in [0.25, 0.3) is 0 Å². The zero-order valence-corrected chi connectivity index (χ0v) is 16.6. The summed E-state index contributed by atoms with van der Waals surface area (Å²) in [4.78, 5) is 14.3. The van der Waals surface area contributed by atoms with Gasteiger partial charge in [0.25, 0.3) is 11.1 Å². The second kappa shape index (κ2) is 8.55. The number of nitrogens with zero attached hydrogens (tertiary/aromatic N) is 3. The summed E-state index contributed by atoms with van der Waals surface area (Å²) in [6.07, 6.45) is -0.740. The minimum absolute atomic E-state index is 0.0414. The van der Waals surface area contributed by atoms with Gasteiger partial charge in [0.05, 0.1) is 6.61 Å². The predicted octanol–water partition coefficient (Wildman–Crippen LogP) is 3.75. The van der Waals surface area contributed by atoms with Gasteiger partial charge in [-0.15, -0.1) is 5.10 Å². The van der Waals surface area contributed by atoms with Crippen LogP contribution in [0.2, 0.25) is 0 Å². The van der Waals surface area contributed by atoms with Gasteiger partial charge in [-0.2, -0.15) is 13.2 Å². The van der Waals surface area contributed by atoms with Crippen molar-refractivity contribution in [1.82, 2.24) is 15.1 Å². The summed E-state index contributed by atoms with van der Waals surface area (Å²) in [5, 5.41) is 4.99. The number of carbonyl (C=O) groups excluding carboxylic acids is 1. The smallest absolute Gasteiger partial charge is 0.445 e. The minimum atomic E-state index is -4.58. The number of hydrogen-bond acceptors (Lipinski definition) is 6. The fraction of sp³-hybridized carbons (Fsp3) is 0.706. The summed E-state index contributed by atoms with van der Waals surface area (Å²) in [7, 11) is 1.54. The van der Waals surface area contributed by atoms with Crippen LogP contribution < -0.4 is 4.74 Å². The molecule has 0 radical (unpaired) electrons. The first kappa shape index (κ1) is 21.6. The third kappa shape index (κ3) is 6.17. The molecule has 0 spiro atoms. The minimum Gasteiger partial charge on any atom is -0.459 e. The van der Waals surface area contributed by atoms with Gasteiger partial charge in [-0.3, -0.25) is 4.79 Å². The molecule has 1 unspecified atom stereocenters. The lowest BCUT2D eigenvalue weighted by atomic mass is 9.76. The highest BCUT2D eigenvalue weighted by Gasteiger charge is 2.36. The van der Waals surface area contributed by atoms with Gasteiger partial charge in [-0.25, -0.2) is 0 Å². The van der Waals surface area contributed by atoms with Crippen LogP contribution in [-0.2, 0) is 15.7 Å². The Balaban J connectivity index is 2.08. The number of alkyl halides is 3. The average molecular weight is 407 g/mol. The van der Waals surface area contributed by atoms with Gasteiger partial charge >= 0.3 is 6.18 Å². The van der Waals surface area contributed by atoms with Gasteiger partial charge in [-0.05, 0) is 24.2 Å². The molecule has 27 heavy (non-hydrogen) atoms. The number of halogens is 3.